The Bertz CT molecular complexity index is 479. The molecule has 2 unspecified atom stereocenters. The van der Waals surface area contributed by atoms with Gasteiger partial charge in [-0.3, -0.25) is 4.21 Å². The molecule has 0 aliphatic carbocycles. The largest absolute Gasteiger partial charge is 0.760 e. The summed E-state index contributed by atoms with van der Waals surface area (Å²) >= 11 is -2.30. The maximum atomic E-state index is 11.4. The van der Waals surface area contributed by atoms with Crippen molar-refractivity contribution in [3.63, 3.8) is 0 Å². The first-order valence-corrected chi connectivity index (χ1v) is 10.1. The third-order valence-electron chi connectivity index (χ3n) is 3.49. The Balaban J connectivity index is 4.55. The molecule has 0 heterocycles. The summed E-state index contributed by atoms with van der Waals surface area (Å²) in [7, 11) is -3.20. The predicted molar refractivity (Wildman–Crippen MR) is 87.2 cm³/mol. The maximum absolute atomic E-state index is 11.4. The van der Waals surface area contributed by atoms with Gasteiger partial charge >= 0.3 is 0 Å². The van der Waals surface area contributed by atoms with Crippen LogP contribution >= 0.6 is 0 Å². The zero-order chi connectivity index (χ0) is 17.2. The monoisotopic (exact) mass is 355 g/mol. The van der Waals surface area contributed by atoms with Crippen molar-refractivity contribution in [3.05, 3.63) is 11.8 Å². The van der Waals surface area contributed by atoms with Crippen molar-refractivity contribution in [2.24, 2.45) is 0 Å². The van der Waals surface area contributed by atoms with Gasteiger partial charge in [0.15, 0.2) is 0 Å². The molecule has 0 radical (unpaired) electrons. The first-order valence-electron chi connectivity index (χ1n) is 7.33. The molecule has 0 aromatic rings. The van der Waals surface area contributed by atoms with Crippen molar-refractivity contribution in [1.82, 2.24) is 9.44 Å². The average molecular weight is 356 g/mol. The van der Waals surface area contributed by atoms with Crippen LogP contribution in [0.1, 0.15) is 47.0 Å². The molecular weight excluding hydrogens is 328 g/mol. The zero-order valence-corrected chi connectivity index (χ0v) is 15.3. The molecule has 2 N–H and O–H groups in total. The molecule has 0 aromatic heterocycles. The molecule has 0 saturated heterocycles. The van der Waals surface area contributed by atoms with Crippen molar-refractivity contribution >= 4 is 21.3 Å². The number of hydrogen-bond donors (Lipinski definition) is 2. The van der Waals surface area contributed by atoms with Gasteiger partial charge in [-0.25, -0.2) is 17.9 Å². The highest BCUT2D eigenvalue weighted by atomic mass is 32.2. The maximum Gasteiger partial charge on any atom is 0.211 e. The zero-order valence-electron chi connectivity index (χ0n) is 13.7. The highest BCUT2D eigenvalue weighted by Crippen LogP contribution is 2.21. The van der Waals surface area contributed by atoms with Gasteiger partial charge in [0.05, 0.1) is 12.0 Å². The van der Waals surface area contributed by atoms with Gasteiger partial charge < -0.3 is 9.29 Å². The van der Waals surface area contributed by atoms with Gasteiger partial charge in [0.25, 0.3) is 0 Å². The summed E-state index contributed by atoms with van der Waals surface area (Å²) in [5.41, 5.74) is 0.311. The second kappa shape index (κ2) is 10.3. The third-order valence-corrected chi connectivity index (χ3v) is 5.27. The molecule has 0 aliphatic rings. The Hall–Kier alpha value is -0.480. The normalized spacial score (nSPS) is 17.0. The Kier molecular flexibility index (Phi) is 10.1. The van der Waals surface area contributed by atoms with E-state index in [1.165, 1.54) is 0 Å². The Morgan fingerprint density at radius 1 is 1.36 bits per heavy atom. The van der Waals surface area contributed by atoms with E-state index in [0.29, 0.717) is 25.8 Å². The molecule has 0 aromatic carbocycles. The van der Waals surface area contributed by atoms with Gasteiger partial charge in [0.1, 0.15) is 5.60 Å². The molecule has 7 nitrogen and oxygen atoms in total. The summed E-state index contributed by atoms with van der Waals surface area (Å²) in [6, 6.07) is 0. The van der Waals surface area contributed by atoms with Gasteiger partial charge in [-0.15, -0.1) is 0 Å². The second-order valence-electron chi connectivity index (χ2n) is 5.15. The molecule has 9 heteroatoms. The quantitative estimate of drug-likeness (QED) is 0.404. The lowest BCUT2D eigenvalue weighted by Gasteiger charge is -2.28. The SMILES string of the molecule is CC/C(=C\OC(C)(CC)CCNS(=O)(=O)CC)CNS(=O)[O-]. The number of rotatable bonds is 12. The number of nitrogens with one attached hydrogen (secondary N) is 2. The Morgan fingerprint density at radius 2 is 2.00 bits per heavy atom. The van der Waals surface area contributed by atoms with E-state index in [0.717, 1.165) is 5.57 Å². The molecule has 0 fully saturated rings. The molecular formula is C13H27N2O5S2-. The van der Waals surface area contributed by atoms with E-state index in [1.807, 2.05) is 20.8 Å². The van der Waals surface area contributed by atoms with E-state index in [1.54, 1.807) is 13.2 Å². The van der Waals surface area contributed by atoms with Crippen molar-refractivity contribution in [1.29, 1.82) is 0 Å². The molecule has 22 heavy (non-hydrogen) atoms. The first-order chi connectivity index (χ1) is 10.2. The van der Waals surface area contributed by atoms with Gasteiger partial charge in [-0.1, -0.05) is 13.8 Å². The summed E-state index contributed by atoms with van der Waals surface area (Å²) in [4.78, 5) is 0. The predicted octanol–water partition coefficient (Wildman–Crippen LogP) is 1.18. The van der Waals surface area contributed by atoms with E-state index in [9.17, 15) is 17.2 Å². The lowest BCUT2D eigenvalue weighted by atomic mass is 9.99. The minimum absolute atomic E-state index is 0.0502. The molecule has 0 saturated carbocycles. The molecule has 132 valence electrons. The first kappa shape index (κ1) is 21.5. The van der Waals surface area contributed by atoms with E-state index in [2.05, 4.69) is 9.44 Å². The smallest absolute Gasteiger partial charge is 0.211 e. The van der Waals surface area contributed by atoms with Gasteiger partial charge in [-0.05, 0) is 32.3 Å². The van der Waals surface area contributed by atoms with Crippen molar-refractivity contribution < 1.29 is 21.9 Å². The van der Waals surface area contributed by atoms with Crippen LogP contribution in [0.2, 0.25) is 0 Å². The standard InChI is InChI=1S/C13H28N2O5S2/c1-5-12(10-14-21(16)17)11-20-13(4,6-2)8-9-15-22(18,19)7-3/h11,14-15H,5-10H2,1-4H3,(H,16,17)/p-1/b12-11+. The molecule has 2 atom stereocenters. The number of hydrogen-bond acceptors (Lipinski definition) is 5. The van der Waals surface area contributed by atoms with Gasteiger partial charge in [0, 0.05) is 30.8 Å². The van der Waals surface area contributed by atoms with Crippen LogP contribution in [0.25, 0.3) is 0 Å². The van der Waals surface area contributed by atoms with Crippen molar-refractivity contribution in [2.45, 2.75) is 52.6 Å². The highest BCUT2D eigenvalue weighted by molar-refractivity contribution is 7.89. The van der Waals surface area contributed by atoms with E-state index in [-0.39, 0.29) is 12.3 Å². The van der Waals surface area contributed by atoms with Crippen molar-refractivity contribution in [3.8, 4) is 0 Å². The van der Waals surface area contributed by atoms with Crippen LogP contribution in [0.5, 0.6) is 0 Å². The minimum Gasteiger partial charge on any atom is -0.760 e. The fraction of sp³-hybridized carbons (Fsp3) is 0.846. The lowest BCUT2D eigenvalue weighted by molar-refractivity contribution is 0.0276. The topological polar surface area (TPSA) is 108 Å². The molecule has 0 bridgehead atoms. The molecule has 0 aliphatic heterocycles. The minimum atomic E-state index is -3.20. The van der Waals surface area contributed by atoms with Crippen LogP contribution in [0.15, 0.2) is 11.8 Å². The van der Waals surface area contributed by atoms with Crippen molar-refractivity contribution in [2.75, 3.05) is 18.8 Å². The van der Waals surface area contributed by atoms with E-state index < -0.39 is 26.9 Å². The van der Waals surface area contributed by atoms with Crippen LogP contribution < -0.4 is 9.44 Å². The molecule has 0 amide bonds. The molecule has 0 rings (SSSR count). The van der Waals surface area contributed by atoms with Crippen LogP contribution in [-0.4, -0.2) is 41.6 Å². The second-order valence-corrected chi connectivity index (χ2v) is 8.01. The summed E-state index contributed by atoms with van der Waals surface area (Å²) in [6.07, 6.45) is 3.45. The summed E-state index contributed by atoms with van der Waals surface area (Å²) in [6.45, 7) is 7.85. The molecule has 0 spiro atoms. The van der Waals surface area contributed by atoms with E-state index in [4.69, 9.17) is 4.74 Å². The Morgan fingerprint density at radius 3 is 2.45 bits per heavy atom. The summed E-state index contributed by atoms with van der Waals surface area (Å²) < 4.78 is 54.4. The van der Waals surface area contributed by atoms with Crippen LogP contribution in [0.3, 0.4) is 0 Å². The van der Waals surface area contributed by atoms with Gasteiger partial charge in [-0.2, -0.15) is 0 Å². The van der Waals surface area contributed by atoms with E-state index >= 15 is 0 Å². The Labute approximate surface area is 136 Å². The van der Waals surface area contributed by atoms with Crippen LogP contribution in [-0.2, 0) is 26.0 Å². The van der Waals surface area contributed by atoms with Crippen LogP contribution in [0, 0.1) is 0 Å². The fourth-order valence-electron chi connectivity index (χ4n) is 1.52. The highest BCUT2D eigenvalue weighted by Gasteiger charge is 2.23. The average Bonchev–Trinajstić information content (AvgIpc) is 2.47. The summed E-state index contributed by atoms with van der Waals surface area (Å²) in [5, 5.41) is 0. The van der Waals surface area contributed by atoms with Gasteiger partial charge in [0.2, 0.25) is 10.0 Å². The third kappa shape index (κ3) is 9.52. The van der Waals surface area contributed by atoms with Crippen LogP contribution in [0.4, 0.5) is 0 Å². The fourth-order valence-corrected chi connectivity index (χ4v) is 2.44. The number of sulfonamides is 1. The summed E-state index contributed by atoms with van der Waals surface area (Å²) in [5.74, 6) is 0.0502. The lowest BCUT2D eigenvalue weighted by Crippen LogP contribution is -2.34. The number of ether oxygens (including phenoxy) is 1.